The highest BCUT2D eigenvalue weighted by Crippen LogP contribution is 2.34. The predicted molar refractivity (Wildman–Crippen MR) is 98.3 cm³/mol. The van der Waals surface area contributed by atoms with Crippen molar-refractivity contribution in [2.75, 3.05) is 38.3 Å². The van der Waals surface area contributed by atoms with E-state index in [2.05, 4.69) is 5.16 Å². The van der Waals surface area contributed by atoms with Gasteiger partial charge in [0.15, 0.2) is 28.7 Å². The molecular weight excluding hydrogens is 381 g/mol. The van der Waals surface area contributed by atoms with Crippen LogP contribution in [-0.2, 0) is 4.74 Å². The molecule has 2 heterocycles. The lowest BCUT2D eigenvalue weighted by Crippen LogP contribution is -2.44. The summed E-state index contributed by atoms with van der Waals surface area (Å²) in [4.78, 5) is 13.7. The van der Waals surface area contributed by atoms with E-state index in [0.29, 0.717) is 38.2 Å². The van der Waals surface area contributed by atoms with Gasteiger partial charge in [0.1, 0.15) is 0 Å². The summed E-state index contributed by atoms with van der Waals surface area (Å²) in [6.45, 7) is 1.87. The molecule has 0 spiro atoms. The van der Waals surface area contributed by atoms with E-state index in [-0.39, 0.29) is 41.4 Å². The third kappa shape index (κ3) is 4.32. The summed E-state index contributed by atoms with van der Waals surface area (Å²) >= 11 is 0. The summed E-state index contributed by atoms with van der Waals surface area (Å²) in [6, 6.07) is 3.99. The highest BCUT2D eigenvalue weighted by molar-refractivity contribution is 5.99. The molecule has 1 fully saturated rings. The number of nitrogens with two attached hydrogens (primary N) is 1. The van der Waals surface area contributed by atoms with Crippen molar-refractivity contribution in [1.29, 1.82) is 0 Å². The Kier molecular flexibility index (Phi) is 7.00. The van der Waals surface area contributed by atoms with Crippen LogP contribution in [0.2, 0.25) is 0 Å². The number of carboxylic acids is 1. The number of hydrogen-bond acceptors (Lipinski definition) is 7. The van der Waals surface area contributed by atoms with Crippen LogP contribution in [0.4, 0.5) is 10.2 Å². The molecule has 1 aromatic carbocycles. The Morgan fingerprint density at radius 2 is 2.30 bits per heavy atom. The zero-order valence-corrected chi connectivity index (χ0v) is 15.5. The number of benzene rings is 1. The van der Waals surface area contributed by atoms with Gasteiger partial charge < -0.3 is 29.7 Å². The van der Waals surface area contributed by atoms with Crippen LogP contribution in [0.1, 0.15) is 16.8 Å². The summed E-state index contributed by atoms with van der Waals surface area (Å²) in [7, 11) is 1.33. The number of hydrogen-bond donors (Lipinski definition) is 2. The van der Waals surface area contributed by atoms with E-state index >= 15 is 0 Å². The molecule has 3 N–H and O–H groups in total. The van der Waals surface area contributed by atoms with Crippen molar-refractivity contribution < 1.29 is 28.3 Å². The molecule has 10 heteroatoms. The first kappa shape index (κ1) is 20.9. The van der Waals surface area contributed by atoms with Crippen LogP contribution >= 0.6 is 12.4 Å². The van der Waals surface area contributed by atoms with E-state index in [9.17, 15) is 14.3 Å². The molecule has 0 saturated carbocycles. The number of anilines is 1. The van der Waals surface area contributed by atoms with Crippen LogP contribution in [0.15, 0.2) is 22.7 Å². The Labute approximate surface area is 161 Å². The number of carbonyl (C=O) groups is 1. The van der Waals surface area contributed by atoms with Crippen molar-refractivity contribution in [2.45, 2.75) is 12.5 Å². The van der Waals surface area contributed by atoms with Gasteiger partial charge in [-0.15, -0.1) is 12.4 Å². The van der Waals surface area contributed by atoms with Gasteiger partial charge in [0.25, 0.3) is 0 Å². The van der Waals surface area contributed by atoms with E-state index in [1.165, 1.54) is 25.3 Å². The zero-order chi connectivity index (χ0) is 18.7. The van der Waals surface area contributed by atoms with Crippen molar-refractivity contribution in [3.8, 4) is 17.1 Å². The molecule has 2 aromatic rings. The highest BCUT2D eigenvalue weighted by Gasteiger charge is 2.31. The Balaban J connectivity index is 0.00000261. The first-order chi connectivity index (χ1) is 12.5. The third-order valence-corrected chi connectivity index (χ3v) is 4.23. The monoisotopic (exact) mass is 401 g/mol. The molecule has 0 amide bonds. The topological polar surface area (TPSA) is 111 Å². The number of aromatic nitrogens is 1. The Bertz CT molecular complexity index is 799. The third-order valence-electron chi connectivity index (χ3n) is 4.23. The van der Waals surface area contributed by atoms with E-state index in [1.54, 1.807) is 4.90 Å². The van der Waals surface area contributed by atoms with Gasteiger partial charge in [-0.3, -0.25) is 0 Å². The number of ether oxygens (including phenoxy) is 2. The lowest BCUT2D eigenvalue weighted by atomic mass is 10.1. The van der Waals surface area contributed by atoms with Crippen molar-refractivity contribution in [2.24, 2.45) is 5.73 Å². The molecule has 1 aliphatic rings. The number of halogens is 2. The Morgan fingerprint density at radius 1 is 1.52 bits per heavy atom. The lowest BCUT2D eigenvalue weighted by molar-refractivity contribution is 0.0362. The maximum absolute atomic E-state index is 13.6. The van der Waals surface area contributed by atoms with Gasteiger partial charge in [-0.2, -0.15) is 0 Å². The van der Waals surface area contributed by atoms with Gasteiger partial charge in [0.05, 0.1) is 19.8 Å². The molecule has 8 nitrogen and oxygen atoms in total. The Hall–Kier alpha value is -2.36. The van der Waals surface area contributed by atoms with E-state index in [4.69, 9.17) is 19.7 Å². The molecule has 1 atom stereocenters. The van der Waals surface area contributed by atoms with Gasteiger partial charge >= 0.3 is 5.97 Å². The minimum absolute atomic E-state index is 0. The number of nitrogens with zero attached hydrogens (tertiary/aromatic N) is 2. The normalized spacial score (nSPS) is 16.7. The number of carboxylic acid groups (broad SMARTS) is 1. The number of morpholine rings is 1. The van der Waals surface area contributed by atoms with Crippen molar-refractivity contribution in [1.82, 2.24) is 5.16 Å². The van der Waals surface area contributed by atoms with Gasteiger partial charge in [0.2, 0.25) is 0 Å². The second-order valence-corrected chi connectivity index (χ2v) is 5.88. The van der Waals surface area contributed by atoms with E-state index in [1.807, 2.05) is 0 Å². The van der Waals surface area contributed by atoms with E-state index < -0.39 is 11.8 Å². The number of methoxy groups -OCH3 is 1. The molecule has 1 aliphatic heterocycles. The summed E-state index contributed by atoms with van der Waals surface area (Å²) < 4.78 is 29.5. The molecule has 0 aliphatic carbocycles. The largest absolute Gasteiger partial charge is 0.494 e. The maximum Gasteiger partial charge on any atom is 0.343 e. The smallest absolute Gasteiger partial charge is 0.343 e. The van der Waals surface area contributed by atoms with E-state index in [0.717, 1.165) is 0 Å². The minimum Gasteiger partial charge on any atom is -0.494 e. The van der Waals surface area contributed by atoms with Crippen LogP contribution < -0.4 is 15.4 Å². The fourth-order valence-electron chi connectivity index (χ4n) is 2.96. The lowest BCUT2D eigenvalue weighted by Gasteiger charge is -2.32. The van der Waals surface area contributed by atoms with Gasteiger partial charge in [-0.25, -0.2) is 9.18 Å². The summed E-state index contributed by atoms with van der Waals surface area (Å²) in [5.74, 6) is -1.47. The van der Waals surface area contributed by atoms with Crippen molar-refractivity contribution >= 4 is 24.2 Å². The second-order valence-electron chi connectivity index (χ2n) is 5.88. The van der Waals surface area contributed by atoms with Gasteiger partial charge in [-0.1, -0.05) is 5.16 Å². The second kappa shape index (κ2) is 9.03. The molecule has 1 aromatic heterocycles. The van der Waals surface area contributed by atoms with Crippen LogP contribution in [-0.4, -0.2) is 55.7 Å². The molecule has 3 rings (SSSR count). The molecule has 1 unspecified atom stereocenters. The standard InChI is InChI=1S/C17H20FN3O5.ClH/c1-24-13-8-10(2-3-12(13)18)15-14(17(22)23)16(20-26-15)21-6-7-25-11(9-21)4-5-19;/h2-3,8,11H,4-7,9,19H2,1H3,(H,22,23);1H. The van der Waals surface area contributed by atoms with Crippen LogP contribution in [0, 0.1) is 5.82 Å². The number of rotatable bonds is 6. The van der Waals surface area contributed by atoms with Crippen LogP contribution in [0.3, 0.4) is 0 Å². The summed E-state index contributed by atoms with van der Waals surface area (Å²) in [5.41, 5.74) is 5.86. The fourth-order valence-corrected chi connectivity index (χ4v) is 2.96. The summed E-state index contributed by atoms with van der Waals surface area (Å²) in [5, 5.41) is 13.7. The van der Waals surface area contributed by atoms with Gasteiger partial charge in [-0.05, 0) is 31.2 Å². The van der Waals surface area contributed by atoms with Gasteiger partial charge in [0, 0.05) is 18.7 Å². The van der Waals surface area contributed by atoms with Crippen molar-refractivity contribution in [3.05, 3.63) is 29.6 Å². The maximum atomic E-state index is 13.6. The first-order valence-corrected chi connectivity index (χ1v) is 8.18. The molecule has 27 heavy (non-hydrogen) atoms. The first-order valence-electron chi connectivity index (χ1n) is 8.18. The highest BCUT2D eigenvalue weighted by atomic mass is 35.5. The SMILES string of the molecule is COc1cc(-c2onc(N3CCOC(CCN)C3)c2C(=O)O)ccc1F.Cl. The zero-order valence-electron chi connectivity index (χ0n) is 14.7. The minimum atomic E-state index is -1.18. The summed E-state index contributed by atoms with van der Waals surface area (Å²) in [6.07, 6.45) is 0.570. The molecule has 0 radical (unpaired) electrons. The van der Waals surface area contributed by atoms with Crippen LogP contribution in [0.25, 0.3) is 11.3 Å². The Morgan fingerprint density at radius 3 is 2.96 bits per heavy atom. The number of aromatic carboxylic acids is 1. The molecular formula is C17H21ClFN3O5. The predicted octanol–water partition coefficient (Wildman–Crippen LogP) is 2.16. The quantitative estimate of drug-likeness (QED) is 0.757. The average molecular weight is 402 g/mol. The average Bonchev–Trinajstić information content (AvgIpc) is 3.08. The molecule has 1 saturated heterocycles. The fraction of sp³-hybridized carbons (Fsp3) is 0.412. The van der Waals surface area contributed by atoms with Crippen LogP contribution in [0.5, 0.6) is 5.75 Å². The van der Waals surface area contributed by atoms with Crippen molar-refractivity contribution in [3.63, 3.8) is 0 Å². The molecule has 148 valence electrons. The molecule has 0 bridgehead atoms.